The van der Waals surface area contributed by atoms with Gasteiger partial charge in [-0.05, 0) is 54.6 Å². The number of carbonyl (C=O) groups excluding carboxylic acids is 2. The van der Waals surface area contributed by atoms with E-state index in [2.05, 4.69) is 16.0 Å². The van der Waals surface area contributed by atoms with Gasteiger partial charge in [0.25, 0.3) is 0 Å². The lowest BCUT2D eigenvalue weighted by atomic mass is 10.2. The van der Waals surface area contributed by atoms with Crippen molar-refractivity contribution in [1.29, 1.82) is 0 Å². The standard InChI is InChI=1S/C21H17Cl2N3O3/c22-15-5-9-17(10-6-15)24-20(27)26-19-4-2-1-3-14(19)13-29-21(28)25-18-11-7-16(23)8-12-18/h1-12H,13H2,(H,25,28)(H2,24,26,27). The molecule has 0 fully saturated rings. The molecule has 6 nitrogen and oxygen atoms in total. The quantitative estimate of drug-likeness (QED) is 0.439. The fraction of sp³-hybridized carbons (Fsp3) is 0.0476. The number of para-hydroxylation sites is 1. The Labute approximate surface area is 177 Å². The minimum atomic E-state index is -0.618. The van der Waals surface area contributed by atoms with Crippen molar-refractivity contribution >= 4 is 52.4 Å². The van der Waals surface area contributed by atoms with Gasteiger partial charge in [-0.25, -0.2) is 9.59 Å². The Kier molecular flexibility index (Phi) is 6.94. The van der Waals surface area contributed by atoms with Crippen LogP contribution in [0.1, 0.15) is 5.56 Å². The highest BCUT2D eigenvalue weighted by Crippen LogP contribution is 2.19. The Bertz CT molecular complexity index is 993. The fourth-order valence-corrected chi connectivity index (χ4v) is 2.67. The number of nitrogens with one attached hydrogen (secondary N) is 3. The average Bonchev–Trinajstić information content (AvgIpc) is 2.71. The fourth-order valence-electron chi connectivity index (χ4n) is 2.42. The molecular weight excluding hydrogens is 413 g/mol. The lowest BCUT2D eigenvalue weighted by Crippen LogP contribution is -2.20. The number of anilines is 3. The van der Waals surface area contributed by atoms with Crippen LogP contribution in [0.2, 0.25) is 10.0 Å². The number of carbonyl (C=O) groups is 2. The summed E-state index contributed by atoms with van der Waals surface area (Å²) in [6.07, 6.45) is -0.618. The van der Waals surface area contributed by atoms with E-state index in [1.807, 2.05) is 0 Å². The highest BCUT2D eigenvalue weighted by Gasteiger charge is 2.10. The summed E-state index contributed by atoms with van der Waals surface area (Å²) in [6.45, 7) is -0.0170. The van der Waals surface area contributed by atoms with Crippen LogP contribution in [0.3, 0.4) is 0 Å². The summed E-state index contributed by atoms with van der Waals surface area (Å²) in [4.78, 5) is 24.2. The van der Waals surface area contributed by atoms with Crippen molar-refractivity contribution < 1.29 is 14.3 Å². The van der Waals surface area contributed by atoms with E-state index in [0.717, 1.165) is 0 Å². The molecule has 0 saturated carbocycles. The first-order chi connectivity index (χ1) is 14.0. The van der Waals surface area contributed by atoms with Crippen LogP contribution in [-0.4, -0.2) is 12.1 Å². The maximum Gasteiger partial charge on any atom is 0.411 e. The van der Waals surface area contributed by atoms with Gasteiger partial charge in [0.05, 0.1) is 0 Å². The van der Waals surface area contributed by atoms with Gasteiger partial charge in [-0.2, -0.15) is 0 Å². The van der Waals surface area contributed by atoms with Crippen molar-refractivity contribution in [3.8, 4) is 0 Å². The number of ether oxygens (including phenoxy) is 1. The molecule has 3 N–H and O–H groups in total. The maximum atomic E-state index is 12.2. The second kappa shape index (κ2) is 9.82. The molecule has 3 rings (SSSR count). The summed E-state index contributed by atoms with van der Waals surface area (Å²) >= 11 is 11.7. The molecule has 0 atom stereocenters. The van der Waals surface area contributed by atoms with Crippen molar-refractivity contribution in [2.45, 2.75) is 6.61 Å². The van der Waals surface area contributed by atoms with E-state index in [1.54, 1.807) is 72.8 Å². The molecule has 0 unspecified atom stereocenters. The van der Waals surface area contributed by atoms with Crippen molar-refractivity contribution in [1.82, 2.24) is 0 Å². The smallest absolute Gasteiger partial charge is 0.411 e. The zero-order valence-corrected chi connectivity index (χ0v) is 16.6. The Morgan fingerprint density at radius 1 is 0.724 bits per heavy atom. The predicted octanol–water partition coefficient (Wildman–Crippen LogP) is 6.39. The van der Waals surface area contributed by atoms with Crippen LogP contribution in [0.5, 0.6) is 0 Å². The normalized spacial score (nSPS) is 10.1. The molecular formula is C21H17Cl2N3O3. The zero-order valence-electron chi connectivity index (χ0n) is 15.1. The number of benzene rings is 3. The van der Waals surface area contributed by atoms with Crippen LogP contribution >= 0.6 is 23.2 Å². The number of hydrogen-bond acceptors (Lipinski definition) is 3. The first-order valence-electron chi connectivity index (χ1n) is 8.60. The van der Waals surface area contributed by atoms with E-state index in [9.17, 15) is 9.59 Å². The Hall–Kier alpha value is -3.22. The van der Waals surface area contributed by atoms with Gasteiger partial charge in [0.2, 0.25) is 0 Å². The molecule has 148 valence electrons. The third-order valence-corrected chi connectivity index (χ3v) is 4.32. The van der Waals surface area contributed by atoms with E-state index in [4.69, 9.17) is 27.9 Å². The summed E-state index contributed by atoms with van der Waals surface area (Å²) in [5, 5.41) is 9.21. The number of urea groups is 1. The Morgan fingerprint density at radius 2 is 1.28 bits per heavy atom. The highest BCUT2D eigenvalue weighted by molar-refractivity contribution is 6.31. The van der Waals surface area contributed by atoms with E-state index >= 15 is 0 Å². The molecule has 0 radical (unpaired) electrons. The predicted molar refractivity (Wildman–Crippen MR) is 116 cm³/mol. The topological polar surface area (TPSA) is 79.5 Å². The van der Waals surface area contributed by atoms with Crippen LogP contribution in [0.25, 0.3) is 0 Å². The van der Waals surface area contributed by atoms with Crippen molar-refractivity contribution in [3.63, 3.8) is 0 Å². The molecule has 3 aromatic carbocycles. The molecule has 8 heteroatoms. The summed E-state index contributed by atoms with van der Waals surface area (Å²) in [6, 6.07) is 20.0. The Morgan fingerprint density at radius 3 is 1.90 bits per heavy atom. The second-order valence-electron chi connectivity index (χ2n) is 5.95. The Balaban J connectivity index is 1.56. The third kappa shape index (κ3) is 6.41. The lowest BCUT2D eigenvalue weighted by molar-refractivity contribution is 0.155. The third-order valence-electron chi connectivity index (χ3n) is 3.82. The summed E-state index contributed by atoms with van der Waals surface area (Å²) in [5.74, 6) is 0. The molecule has 0 aliphatic carbocycles. The van der Waals surface area contributed by atoms with E-state index in [1.165, 1.54) is 0 Å². The molecule has 29 heavy (non-hydrogen) atoms. The van der Waals surface area contributed by atoms with Crippen LogP contribution < -0.4 is 16.0 Å². The van der Waals surface area contributed by atoms with Crippen LogP contribution in [0.15, 0.2) is 72.8 Å². The SMILES string of the molecule is O=C(Nc1ccc(Cl)cc1)Nc1ccccc1COC(=O)Nc1ccc(Cl)cc1. The van der Waals surface area contributed by atoms with E-state index in [-0.39, 0.29) is 6.61 Å². The molecule has 3 amide bonds. The minimum Gasteiger partial charge on any atom is -0.444 e. The molecule has 0 saturated heterocycles. The lowest BCUT2D eigenvalue weighted by Gasteiger charge is -2.13. The summed E-state index contributed by atoms with van der Waals surface area (Å²) in [7, 11) is 0. The molecule has 3 aromatic rings. The second-order valence-corrected chi connectivity index (χ2v) is 6.82. The molecule has 0 bridgehead atoms. The monoisotopic (exact) mass is 429 g/mol. The number of hydrogen-bond donors (Lipinski definition) is 3. The molecule has 0 aliphatic rings. The molecule has 0 aliphatic heterocycles. The van der Waals surface area contributed by atoms with Gasteiger partial charge in [-0.15, -0.1) is 0 Å². The first kappa shape index (κ1) is 20.5. The van der Waals surface area contributed by atoms with Crippen molar-refractivity contribution in [3.05, 3.63) is 88.4 Å². The largest absolute Gasteiger partial charge is 0.444 e. The van der Waals surface area contributed by atoms with Gasteiger partial charge >= 0.3 is 12.1 Å². The number of halogens is 2. The van der Waals surface area contributed by atoms with Gasteiger partial charge in [0, 0.05) is 32.7 Å². The van der Waals surface area contributed by atoms with Gasteiger partial charge < -0.3 is 15.4 Å². The highest BCUT2D eigenvalue weighted by atomic mass is 35.5. The summed E-state index contributed by atoms with van der Waals surface area (Å²) < 4.78 is 5.25. The van der Waals surface area contributed by atoms with Gasteiger partial charge in [0.1, 0.15) is 6.61 Å². The summed E-state index contributed by atoms with van der Waals surface area (Å²) in [5.41, 5.74) is 2.33. The number of rotatable bonds is 5. The zero-order chi connectivity index (χ0) is 20.6. The maximum absolute atomic E-state index is 12.2. The van der Waals surface area contributed by atoms with Gasteiger partial charge in [0.15, 0.2) is 0 Å². The van der Waals surface area contributed by atoms with Crippen LogP contribution in [0.4, 0.5) is 26.7 Å². The van der Waals surface area contributed by atoms with Crippen LogP contribution in [-0.2, 0) is 11.3 Å². The van der Waals surface area contributed by atoms with Gasteiger partial charge in [-0.1, -0.05) is 41.4 Å². The molecule has 0 spiro atoms. The van der Waals surface area contributed by atoms with E-state index < -0.39 is 12.1 Å². The molecule has 0 heterocycles. The molecule has 0 aromatic heterocycles. The first-order valence-corrected chi connectivity index (χ1v) is 9.36. The number of amides is 3. The van der Waals surface area contributed by atoms with E-state index in [0.29, 0.717) is 32.7 Å². The minimum absolute atomic E-state index is 0.0170. The van der Waals surface area contributed by atoms with Crippen molar-refractivity contribution in [2.24, 2.45) is 0 Å². The van der Waals surface area contributed by atoms with Gasteiger partial charge in [-0.3, -0.25) is 5.32 Å². The van der Waals surface area contributed by atoms with Crippen molar-refractivity contribution in [2.75, 3.05) is 16.0 Å². The van der Waals surface area contributed by atoms with Crippen LogP contribution in [0, 0.1) is 0 Å². The average molecular weight is 430 g/mol.